The van der Waals surface area contributed by atoms with Crippen LogP contribution in [-0.4, -0.2) is 45.8 Å². The first-order chi connectivity index (χ1) is 13.0. The van der Waals surface area contributed by atoms with Gasteiger partial charge < -0.3 is 15.2 Å². The zero-order valence-electron chi connectivity index (χ0n) is 15.0. The first kappa shape index (κ1) is 17.3. The zero-order valence-corrected chi connectivity index (χ0v) is 15.0. The summed E-state index contributed by atoms with van der Waals surface area (Å²) >= 11 is 0. The van der Waals surface area contributed by atoms with Crippen LogP contribution in [0.25, 0.3) is 0 Å². The van der Waals surface area contributed by atoms with E-state index in [2.05, 4.69) is 20.6 Å². The number of urea groups is 1. The van der Waals surface area contributed by atoms with Crippen LogP contribution in [0.15, 0.2) is 36.8 Å². The summed E-state index contributed by atoms with van der Waals surface area (Å²) in [6, 6.07) is 6.38. The molecule has 4 amide bonds. The molecule has 27 heavy (non-hydrogen) atoms. The normalized spacial score (nSPS) is 23.2. The number of benzene rings is 1. The second-order valence-electron chi connectivity index (χ2n) is 7.19. The molecule has 1 aromatic heterocycles. The van der Waals surface area contributed by atoms with Crippen LogP contribution in [0.4, 0.5) is 4.79 Å². The highest BCUT2D eigenvalue weighted by molar-refractivity contribution is 6.07. The number of likely N-dealkylation sites (tertiary alicyclic amines) is 1. The summed E-state index contributed by atoms with van der Waals surface area (Å²) in [6.07, 6.45) is 5.28. The van der Waals surface area contributed by atoms with E-state index in [1.165, 1.54) is 0 Å². The Hall–Kier alpha value is -3.16. The minimum absolute atomic E-state index is 0.0618. The molecule has 1 atom stereocenters. The van der Waals surface area contributed by atoms with E-state index >= 15 is 0 Å². The van der Waals surface area contributed by atoms with E-state index in [1.54, 1.807) is 37.5 Å². The summed E-state index contributed by atoms with van der Waals surface area (Å²) < 4.78 is 0. The largest absolute Gasteiger partial charge is 0.348 e. The second kappa shape index (κ2) is 6.53. The third-order valence-electron chi connectivity index (χ3n) is 5.47. The summed E-state index contributed by atoms with van der Waals surface area (Å²) in [5.74, 6) is -0.0927. The second-order valence-corrected chi connectivity index (χ2v) is 7.19. The lowest BCUT2D eigenvalue weighted by molar-refractivity contribution is -0.123. The lowest BCUT2D eigenvalue weighted by Crippen LogP contribution is -2.41. The van der Waals surface area contributed by atoms with Gasteiger partial charge in [0.1, 0.15) is 5.54 Å². The number of aromatic amines is 1. The van der Waals surface area contributed by atoms with Gasteiger partial charge in [-0.2, -0.15) is 0 Å². The van der Waals surface area contributed by atoms with Gasteiger partial charge in [0.05, 0.1) is 6.33 Å². The number of amides is 4. The standard InChI is InChI=1S/C19H21N5O3/c1-19(17(26)22-18(27)23-19)14-4-2-3-13(9-14)16(25)24-7-5-12(6-8-24)15-10-20-11-21-15/h2-4,9-12H,5-8H2,1H3,(H,20,21)(H2,22,23,26,27). The summed E-state index contributed by atoms with van der Waals surface area (Å²) in [6.45, 7) is 2.97. The van der Waals surface area contributed by atoms with E-state index < -0.39 is 17.5 Å². The fourth-order valence-corrected chi connectivity index (χ4v) is 3.78. The highest BCUT2D eigenvalue weighted by Crippen LogP contribution is 2.28. The topological polar surface area (TPSA) is 107 Å². The molecule has 0 saturated carbocycles. The van der Waals surface area contributed by atoms with Crippen molar-refractivity contribution in [2.45, 2.75) is 31.2 Å². The molecule has 8 heteroatoms. The van der Waals surface area contributed by atoms with Crippen molar-refractivity contribution in [2.24, 2.45) is 0 Å². The Kier molecular flexibility index (Phi) is 4.18. The van der Waals surface area contributed by atoms with Gasteiger partial charge in [-0.05, 0) is 37.5 Å². The Balaban J connectivity index is 1.49. The van der Waals surface area contributed by atoms with Gasteiger partial charge in [-0.3, -0.25) is 14.9 Å². The van der Waals surface area contributed by atoms with Crippen LogP contribution in [0.2, 0.25) is 0 Å². The first-order valence-corrected chi connectivity index (χ1v) is 8.99. The van der Waals surface area contributed by atoms with Crippen molar-refractivity contribution in [1.82, 2.24) is 25.5 Å². The number of carbonyl (C=O) groups excluding carboxylic acids is 3. The van der Waals surface area contributed by atoms with E-state index in [1.807, 2.05) is 11.1 Å². The van der Waals surface area contributed by atoms with Crippen molar-refractivity contribution in [3.8, 4) is 0 Å². The smallest absolute Gasteiger partial charge is 0.322 e. The van der Waals surface area contributed by atoms with E-state index in [9.17, 15) is 14.4 Å². The molecule has 4 rings (SSSR count). The van der Waals surface area contributed by atoms with Gasteiger partial charge in [-0.25, -0.2) is 9.78 Å². The third kappa shape index (κ3) is 3.07. The number of nitrogens with zero attached hydrogens (tertiary/aromatic N) is 2. The maximum atomic E-state index is 12.9. The molecule has 0 aliphatic carbocycles. The molecule has 1 aromatic carbocycles. The number of imidazole rings is 1. The van der Waals surface area contributed by atoms with Gasteiger partial charge in [-0.1, -0.05) is 12.1 Å². The summed E-state index contributed by atoms with van der Waals surface area (Å²) in [5, 5.41) is 4.87. The molecule has 140 valence electrons. The van der Waals surface area contributed by atoms with Crippen LogP contribution in [0, 0.1) is 0 Å². The van der Waals surface area contributed by atoms with Gasteiger partial charge in [0.25, 0.3) is 11.8 Å². The lowest BCUT2D eigenvalue weighted by Gasteiger charge is -2.32. The average molecular weight is 367 g/mol. The molecular weight excluding hydrogens is 346 g/mol. The van der Waals surface area contributed by atoms with Gasteiger partial charge in [-0.15, -0.1) is 0 Å². The number of imide groups is 1. The van der Waals surface area contributed by atoms with Gasteiger partial charge in [0, 0.05) is 36.5 Å². The Morgan fingerprint density at radius 2 is 2.04 bits per heavy atom. The van der Waals surface area contributed by atoms with Crippen LogP contribution >= 0.6 is 0 Å². The molecule has 0 radical (unpaired) electrons. The number of H-pyrrole nitrogens is 1. The molecule has 2 fully saturated rings. The lowest BCUT2D eigenvalue weighted by atomic mass is 9.90. The van der Waals surface area contributed by atoms with E-state index in [-0.39, 0.29) is 5.91 Å². The number of carbonyl (C=O) groups is 3. The van der Waals surface area contributed by atoms with Crippen LogP contribution < -0.4 is 10.6 Å². The summed E-state index contributed by atoms with van der Waals surface area (Å²) in [7, 11) is 0. The Bertz CT molecular complexity index is 887. The Labute approximate surface area is 156 Å². The number of rotatable bonds is 3. The van der Waals surface area contributed by atoms with Crippen molar-refractivity contribution in [1.29, 1.82) is 0 Å². The van der Waals surface area contributed by atoms with Crippen LogP contribution in [0.3, 0.4) is 0 Å². The van der Waals surface area contributed by atoms with E-state index in [0.717, 1.165) is 18.5 Å². The predicted molar refractivity (Wildman–Crippen MR) is 96.9 cm³/mol. The van der Waals surface area contributed by atoms with Crippen LogP contribution in [-0.2, 0) is 10.3 Å². The highest BCUT2D eigenvalue weighted by atomic mass is 16.2. The SMILES string of the molecule is CC1(c2cccc(C(=O)N3CCC(c4cnc[nH]4)CC3)c2)NC(=O)NC1=O. The molecule has 2 saturated heterocycles. The summed E-state index contributed by atoms with van der Waals surface area (Å²) in [4.78, 5) is 45.6. The maximum absolute atomic E-state index is 12.9. The Morgan fingerprint density at radius 3 is 2.67 bits per heavy atom. The van der Waals surface area contributed by atoms with Crippen molar-refractivity contribution >= 4 is 17.8 Å². The van der Waals surface area contributed by atoms with Crippen molar-refractivity contribution in [3.63, 3.8) is 0 Å². The number of hydrogen-bond acceptors (Lipinski definition) is 4. The fraction of sp³-hybridized carbons (Fsp3) is 0.368. The highest BCUT2D eigenvalue weighted by Gasteiger charge is 2.43. The molecular formula is C19H21N5O3. The quantitative estimate of drug-likeness (QED) is 0.714. The van der Waals surface area contributed by atoms with Gasteiger partial charge >= 0.3 is 6.03 Å². The van der Waals surface area contributed by atoms with E-state index in [0.29, 0.717) is 30.1 Å². The van der Waals surface area contributed by atoms with Gasteiger partial charge in [0.2, 0.25) is 0 Å². The molecule has 2 aliphatic rings. The summed E-state index contributed by atoms with van der Waals surface area (Å²) in [5.41, 5.74) is 1.05. The predicted octanol–water partition coefficient (Wildman–Crippen LogP) is 1.48. The monoisotopic (exact) mass is 367 g/mol. The van der Waals surface area contributed by atoms with Crippen LogP contribution in [0.1, 0.15) is 47.3 Å². The first-order valence-electron chi connectivity index (χ1n) is 8.99. The minimum Gasteiger partial charge on any atom is -0.348 e. The third-order valence-corrected chi connectivity index (χ3v) is 5.47. The zero-order chi connectivity index (χ0) is 19.0. The molecule has 2 aromatic rings. The fourth-order valence-electron chi connectivity index (χ4n) is 3.78. The molecule has 0 spiro atoms. The number of piperidine rings is 1. The van der Waals surface area contributed by atoms with Crippen molar-refractivity contribution in [3.05, 3.63) is 53.6 Å². The van der Waals surface area contributed by atoms with Crippen molar-refractivity contribution in [2.75, 3.05) is 13.1 Å². The van der Waals surface area contributed by atoms with Gasteiger partial charge in [0.15, 0.2) is 0 Å². The van der Waals surface area contributed by atoms with Crippen LogP contribution in [0.5, 0.6) is 0 Å². The number of hydrogen-bond donors (Lipinski definition) is 3. The Morgan fingerprint density at radius 1 is 1.26 bits per heavy atom. The van der Waals surface area contributed by atoms with Crippen molar-refractivity contribution < 1.29 is 14.4 Å². The molecule has 0 bridgehead atoms. The molecule has 8 nitrogen and oxygen atoms in total. The number of nitrogens with one attached hydrogen (secondary N) is 3. The number of aromatic nitrogens is 2. The molecule has 1 unspecified atom stereocenters. The molecule has 3 N–H and O–H groups in total. The maximum Gasteiger partial charge on any atom is 0.322 e. The molecule has 2 aliphatic heterocycles. The minimum atomic E-state index is -1.17. The average Bonchev–Trinajstić information content (AvgIpc) is 3.30. The molecule has 3 heterocycles. The van der Waals surface area contributed by atoms with E-state index in [4.69, 9.17) is 0 Å².